The van der Waals surface area contributed by atoms with Gasteiger partial charge in [-0.15, -0.1) is 0 Å². The Labute approximate surface area is 169 Å². The molecule has 0 saturated heterocycles. The zero-order valence-electron chi connectivity index (χ0n) is 16.0. The molecule has 0 aliphatic rings. The molecule has 0 fully saturated rings. The number of amides is 2. The van der Waals surface area contributed by atoms with Crippen molar-refractivity contribution in [1.82, 2.24) is 15.2 Å². The van der Waals surface area contributed by atoms with Crippen LogP contribution in [-0.2, 0) is 6.42 Å². The number of rotatable bonds is 5. The zero-order valence-corrected chi connectivity index (χ0v) is 16.0. The molecule has 144 valence electrons. The maximum atomic E-state index is 12.4. The van der Waals surface area contributed by atoms with Crippen LogP contribution in [0.2, 0.25) is 0 Å². The molecule has 0 aliphatic carbocycles. The van der Waals surface area contributed by atoms with Gasteiger partial charge in [-0.25, -0.2) is 4.79 Å². The van der Waals surface area contributed by atoms with E-state index in [4.69, 9.17) is 0 Å². The third-order valence-corrected chi connectivity index (χ3v) is 4.63. The molecule has 0 saturated carbocycles. The summed E-state index contributed by atoms with van der Waals surface area (Å²) in [5.74, 6) is 0. The van der Waals surface area contributed by atoms with Gasteiger partial charge in [0.25, 0.3) is 0 Å². The smallest absolute Gasteiger partial charge is 0.308 e. The summed E-state index contributed by atoms with van der Waals surface area (Å²) >= 11 is 0. The SMILES string of the molecule is CCc1cccc(NC(=O)Nc2cccc(-c3[nH]ncc3-c3ccncc3)c2)c1. The quantitative estimate of drug-likeness (QED) is 0.435. The number of hydrogen-bond acceptors (Lipinski definition) is 3. The zero-order chi connectivity index (χ0) is 20.1. The van der Waals surface area contributed by atoms with Crippen LogP contribution in [0.4, 0.5) is 16.2 Å². The summed E-state index contributed by atoms with van der Waals surface area (Å²) < 4.78 is 0. The Balaban J connectivity index is 1.53. The maximum Gasteiger partial charge on any atom is 0.323 e. The number of aryl methyl sites for hydroxylation is 1. The van der Waals surface area contributed by atoms with E-state index in [1.807, 2.05) is 60.7 Å². The fourth-order valence-electron chi connectivity index (χ4n) is 3.17. The lowest BCUT2D eigenvalue weighted by molar-refractivity contribution is 0.262. The molecule has 6 heteroatoms. The number of benzene rings is 2. The van der Waals surface area contributed by atoms with Crippen molar-refractivity contribution in [2.45, 2.75) is 13.3 Å². The highest BCUT2D eigenvalue weighted by molar-refractivity contribution is 6.00. The minimum atomic E-state index is -0.283. The van der Waals surface area contributed by atoms with Crippen LogP contribution in [0.1, 0.15) is 12.5 Å². The molecule has 2 aromatic heterocycles. The molecular weight excluding hydrogens is 362 g/mol. The van der Waals surface area contributed by atoms with Gasteiger partial charge in [0, 0.05) is 34.9 Å². The molecule has 4 aromatic rings. The number of nitrogens with zero attached hydrogens (tertiary/aromatic N) is 2. The van der Waals surface area contributed by atoms with Gasteiger partial charge in [-0.1, -0.05) is 31.2 Å². The first-order chi connectivity index (χ1) is 14.2. The van der Waals surface area contributed by atoms with Crippen molar-refractivity contribution in [1.29, 1.82) is 0 Å². The second-order valence-corrected chi connectivity index (χ2v) is 6.61. The van der Waals surface area contributed by atoms with Gasteiger partial charge in [0.2, 0.25) is 0 Å². The first-order valence-electron chi connectivity index (χ1n) is 9.44. The summed E-state index contributed by atoms with van der Waals surface area (Å²) in [6.45, 7) is 2.08. The van der Waals surface area contributed by atoms with Crippen molar-refractivity contribution >= 4 is 17.4 Å². The van der Waals surface area contributed by atoms with E-state index in [1.165, 1.54) is 5.56 Å². The van der Waals surface area contributed by atoms with Crippen LogP contribution in [0.3, 0.4) is 0 Å². The molecule has 0 atom stereocenters. The molecule has 29 heavy (non-hydrogen) atoms. The van der Waals surface area contributed by atoms with E-state index < -0.39 is 0 Å². The highest BCUT2D eigenvalue weighted by atomic mass is 16.2. The van der Waals surface area contributed by atoms with Crippen LogP contribution in [-0.4, -0.2) is 21.2 Å². The number of carbonyl (C=O) groups is 1. The fraction of sp³-hybridized carbons (Fsp3) is 0.0870. The number of pyridine rings is 1. The van der Waals surface area contributed by atoms with E-state index >= 15 is 0 Å². The van der Waals surface area contributed by atoms with Crippen LogP contribution < -0.4 is 10.6 Å². The Morgan fingerprint density at radius 3 is 2.41 bits per heavy atom. The normalized spacial score (nSPS) is 10.5. The summed E-state index contributed by atoms with van der Waals surface area (Å²) in [4.78, 5) is 16.5. The van der Waals surface area contributed by atoms with Crippen LogP contribution in [0.5, 0.6) is 0 Å². The lowest BCUT2D eigenvalue weighted by atomic mass is 10.0. The van der Waals surface area contributed by atoms with Gasteiger partial charge >= 0.3 is 6.03 Å². The largest absolute Gasteiger partial charge is 0.323 e. The van der Waals surface area contributed by atoms with E-state index in [1.54, 1.807) is 18.6 Å². The maximum absolute atomic E-state index is 12.4. The minimum Gasteiger partial charge on any atom is -0.308 e. The Hall–Kier alpha value is -3.93. The lowest BCUT2D eigenvalue weighted by Crippen LogP contribution is -2.19. The fourth-order valence-corrected chi connectivity index (χ4v) is 3.17. The average molecular weight is 383 g/mol. The Morgan fingerprint density at radius 2 is 1.66 bits per heavy atom. The molecule has 3 N–H and O–H groups in total. The van der Waals surface area contributed by atoms with E-state index in [9.17, 15) is 4.79 Å². The standard InChI is InChI=1S/C23H21N5O/c1-2-16-5-3-7-19(13-16)26-23(29)27-20-8-4-6-18(14-20)22-21(15-25-28-22)17-9-11-24-12-10-17/h3-15H,2H2,1H3,(H,25,28)(H2,26,27,29). The van der Waals surface area contributed by atoms with Crippen LogP contribution >= 0.6 is 0 Å². The van der Waals surface area contributed by atoms with Crippen LogP contribution in [0, 0.1) is 0 Å². The summed E-state index contributed by atoms with van der Waals surface area (Å²) in [5, 5.41) is 13.0. The number of H-pyrrole nitrogens is 1. The second kappa shape index (κ2) is 8.39. The highest BCUT2D eigenvalue weighted by Crippen LogP contribution is 2.31. The van der Waals surface area contributed by atoms with Crippen molar-refractivity contribution in [3.63, 3.8) is 0 Å². The molecule has 2 heterocycles. The average Bonchev–Trinajstić information content (AvgIpc) is 3.24. The number of anilines is 2. The highest BCUT2D eigenvalue weighted by Gasteiger charge is 2.11. The molecule has 0 spiro atoms. The summed E-state index contributed by atoms with van der Waals surface area (Å²) in [6, 6.07) is 19.1. The molecule has 6 nitrogen and oxygen atoms in total. The van der Waals surface area contributed by atoms with Gasteiger partial charge in [0.15, 0.2) is 0 Å². The number of nitrogens with one attached hydrogen (secondary N) is 3. The van der Waals surface area contributed by atoms with Crippen molar-refractivity contribution in [2.75, 3.05) is 10.6 Å². The van der Waals surface area contributed by atoms with E-state index in [-0.39, 0.29) is 6.03 Å². The van der Waals surface area contributed by atoms with Gasteiger partial charge in [0.05, 0.1) is 11.9 Å². The Bertz CT molecular complexity index is 1120. The molecule has 2 aromatic carbocycles. The number of aromatic nitrogens is 3. The number of hydrogen-bond donors (Lipinski definition) is 3. The van der Waals surface area contributed by atoms with Crippen molar-refractivity contribution in [3.8, 4) is 22.4 Å². The minimum absolute atomic E-state index is 0.283. The summed E-state index contributed by atoms with van der Waals surface area (Å²) in [7, 11) is 0. The summed E-state index contributed by atoms with van der Waals surface area (Å²) in [5.41, 5.74) is 6.46. The third-order valence-electron chi connectivity index (χ3n) is 4.63. The molecule has 0 aliphatic heterocycles. The molecule has 0 unspecified atom stereocenters. The lowest BCUT2D eigenvalue weighted by Gasteiger charge is -2.10. The topological polar surface area (TPSA) is 82.7 Å². The molecule has 0 radical (unpaired) electrons. The van der Waals surface area contributed by atoms with Crippen molar-refractivity contribution in [2.24, 2.45) is 0 Å². The summed E-state index contributed by atoms with van der Waals surface area (Å²) in [6.07, 6.45) is 6.21. The first-order valence-corrected chi connectivity index (χ1v) is 9.44. The Kier molecular flexibility index (Phi) is 5.33. The monoisotopic (exact) mass is 383 g/mol. The first kappa shape index (κ1) is 18.4. The predicted molar refractivity (Wildman–Crippen MR) is 116 cm³/mol. The second-order valence-electron chi connectivity index (χ2n) is 6.61. The van der Waals surface area contributed by atoms with Crippen LogP contribution in [0.25, 0.3) is 22.4 Å². The van der Waals surface area contributed by atoms with Gasteiger partial charge < -0.3 is 10.6 Å². The van der Waals surface area contributed by atoms with Gasteiger partial charge in [-0.2, -0.15) is 5.10 Å². The number of carbonyl (C=O) groups excluding carboxylic acids is 1. The predicted octanol–water partition coefficient (Wildman–Crippen LogP) is 5.35. The van der Waals surface area contributed by atoms with Crippen molar-refractivity contribution in [3.05, 3.63) is 84.8 Å². The molecule has 4 rings (SSSR count). The van der Waals surface area contributed by atoms with Gasteiger partial charge in [-0.3, -0.25) is 10.1 Å². The van der Waals surface area contributed by atoms with E-state index in [0.717, 1.165) is 34.5 Å². The molecule has 2 amide bonds. The number of urea groups is 1. The number of aromatic amines is 1. The van der Waals surface area contributed by atoms with Crippen LogP contribution in [0.15, 0.2) is 79.3 Å². The van der Waals surface area contributed by atoms with Crippen molar-refractivity contribution < 1.29 is 4.79 Å². The van der Waals surface area contributed by atoms with E-state index in [2.05, 4.69) is 32.7 Å². The van der Waals surface area contributed by atoms with Gasteiger partial charge in [-0.05, 0) is 53.9 Å². The molecular formula is C23H21N5O. The van der Waals surface area contributed by atoms with E-state index in [0.29, 0.717) is 5.69 Å². The molecule has 0 bridgehead atoms. The Morgan fingerprint density at radius 1 is 0.931 bits per heavy atom. The third kappa shape index (κ3) is 4.32. The van der Waals surface area contributed by atoms with Gasteiger partial charge in [0.1, 0.15) is 0 Å².